The average molecular weight is 456 g/mol. The molecule has 4 rings (SSSR count). The number of rotatable bonds is 7. The number of thiazole rings is 1. The number of non-ortho nitro benzene ring substituents is 1. The first-order chi connectivity index (χ1) is 15.4. The summed E-state index contributed by atoms with van der Waals surface area (Å²) in [7, 11) is 1.66. The number of hydrogen-bond donors (Lipinski definition) is 2. The summed E-state index contributed by atoms with van der Waals surface area (Å²) < 4.78 is 8.04. The Morgan fingerprint density at radius 1 is 1.38 bits per heavy atom. The summed E-state index contributed by atoms with van der Waals surface area (Å²) in [5.74, 6) is -0.456. The zero-order valence-corrected chi connectivity index (χ0v) is 19.0. The number of nitrogens with one attached hydrogen (secondary N) is 2. The number of aromatic nitrogens is 2. The Balaban J connectivity index is 1.54. The van der Waals surface area contributed by atoms with Crippen LogP contribution in [0.15, 0.2) is 29.6 Å². The highest BCUT2D eigenvalue weighted by atomic mass is 32.1. The highest BCUT2D eigenvalue weighted by Gasteiger charge is 2.21. The molecule has 1 saturated heterocycles. The van der Waals surface area contributed by atoms with E-state index < -0.39 is 10.8 Å². The second-order valence-electron chi connectivity index (χ2n) is 7.76. The number of carbonyl (C=O) groups is 1. The van der Waals surface area contributed by atoms with Crippen LogP contribution in [0.3, 0.4) is 0 Å². The molecule has 0 aliphatic carbocycles. The molecule has 9 nitrogen and oxygen atoms in total. The van der Waals surface area contributed by atoms with Gasteiger partial charge in [-0.2, -0.15) is 0 Å². The highest BCUT2D eigenvalue weighted by molar-refractivity contribution is 7.14. The number of aryl methyl sites for hydroxylation is 1. The molecule has 0 radical (unpaired) electrons. The normalized spacial score (nSPS) is 15.7. The van der Waals surface area contributed by atoms with Gasteiger partial charge in [-0.25, -0.2) is 4.98 Å². The van der Waals surface area contributed by atoms with Crippen molar-refractivity contribution in [2.24, 2.45) is 0 Å². The largest absolute Gasteiger partial charge is 0.387 e. The van der Waals surface area contributed by atoms with Crippen LogP contribution < -0.4 is 10.6 Å². The summed E-state index contributed by atoms with van der Waals surface area (Å²) in [6.07, 6.45) is 2.42. The zero-order chi connectivity index (χ0) is 22.8. The molecule has 3 aromatic rings. The van der Waals surface area contributed by atoms with Crippen molar-refractivity contribution in [1.82, 2.24) is 9.55 Å². The minimum absolute atomic E-state index is 0.146. The van der Waals surface area contributed by atoms with Gasteiger partial charge < -0.3 is 14.6 Å². The van der Waals surface area contributed by atoms with Gasteiger partial charge in [-0.1, -0.05) is 0 Å². The molecule has 2 aromatic heterocycles. The summed E-state index contributed by atoms with van der Waals surface area (Å²) in [6.45, 7) is 5.79. The van der Waals surface area contributed by atoms with Crippen LogP contribution in [0.5, 0.6) is 0 Å². The molecule has 168 valence electrons. The maximum atomic E-state index is 12.8. The standard InChI is InChI=1S/C22H25N5O4S/c1-13-9-17(14(2)26(13)11-16-5-4-8-31-16)20-12-32-22(24-20)25-21(28)18-10-15(27(29)30)6-7-19(18)23-3/h6-7,9-10,12,16,23H,4-5,8,11H2,1-3H3,(H,24,25,28). The second kappa shape index (κ2) is 9.09. The summed E-state index contributed by atoms with van der Waals surface area (Å²) in [4.78, 5) is 28.0. The average Bonchev–Trinajstić information content (AvgIpc) is 3.51. The number of amides is 1. The molecule has 1 aliphatic rings. The van der Waals surface area contributed by atoms with Crippen LogP contribution in [0, 0.1) is 24.0 Å². The van der Waals surface area contributed by atoms with Gasteiger partial charge in [-0.3, -0.25) is 20.2 Å². The van der Waals surface area contributed by atoms with E-state index in [-0.39, 0.29) is 17.4 Å². The van der Waals surface area contributed by atoms with Crippen LogP contribution in [-0.2, 0) is 11.3 Å². The van der Waals surface area contributed by atoms with Crippen molar-refractivity contribution < 1.29 is 14.5 Å². The molecule has 1 amide bonds. The molecule has 1 aromatic carbocycles. The molecule has 3 heterocycles. The monoisotopic (exact) mass is 455 g/mol. The van der Waals surface area contributed by atoms with Crippen LogP contribution in [0.2, 0.25) is 0 Å². The topological polar surface area (TPSA) is 111 Å². The highest BCUT2D eigenvalue weighted by Crippen LogP contribution is 2.31. The van der Waals surface area contributed by atoms with Crippen molar-refractivity contribution in [3.05, 3.63) is 56.7 Å². The quantitative estimate of drug-likeness (QED) is 0.398. The molecule has 1 unspecified atom stereocenters. The van der Waals surface area contributed by atoms with E-state index in [1.54, 1.807) is 7.05 Å². The van der Waals surface area contributed by atoms with Crippen molar-refractivity contribution in [2.75, 3.05) is 24.3 Å². The van der Waals surface area contributed by atoms with Gasteiger partial charge in [0.25, 0.3) is 11.6 Å². The van der Waals surface area contributed by atoms with Gasteiger partial charge in [-0.15, -0.1) is 11.3 Å². The van der Waals surface area contributed by atoms with Crippen molar-refractivity contribution in [2.45, 2.75) is 39.3 Å². The van der Waals surface area contributed by atoms with Gasteiger partial charge in [0, 0.05) is 60.4 Å². The SMILES string of the molecule is CNc1ccc([N+](=O)[O-])cc1C(=O)Nc1nc(-c2cc(C)n(CC3CCCO3)c2C)cs1. The third-order valence-corrected chi connectivity index (χ3v) is 6.47. The minimum atomic E-state index is -0.524. The van der Waals surface area contributed by atoms with Gasteiger partial charge in [0.2, 0.25) is 0 Å². The van der Waals surface area contributed by atoms with Crippen LogP contribution in [0.1, 0.15) is 34.6 Å². The molecule has 2 N–H and O–H groups in total. The molecule has 10 heteroatoms. The first-order valence-corrected chi connectivity index (χ1v) is 11.3. The molecule has 1 fully saturated rings. The number of benzene rings is 1. The Labute approximate surface area is 189 Å². The first-order valence-electron chi connectivity index (χ1n) is 10.4. The lowest BCUT2D eigenvalue weighted by atomic mass is 10.1. The molecule has 0 saturated carbocycles. The van der Waals surface area contributed by atoms with Gasteiger partial charge in [0.1, 0.15) is 0 Å². The predicted octanol–water partition coefficient (Wildman–Crippen LogP) is 4.61. The number of nitro benzene ring substituents is 1. The lowest BCUT2D eigenvalue weighted by Crippen LogP contribution is -2.16. The fraction of sp³-hybridized carbons (Fsp3) is 0.364. The van der Waals surface area contributed by atoms with Crippen LogP contribution in [0.4, 0.5) is 16.5 Å². The zero-order valence-electron chi connectivity index (χ0n) is 18.2. The smallest absolute Gasteiger partial charge is 0.270 e. The fourth-order valence-corrected chi connectivity index (χ4v) is 4.71. The van der Waals surface area contributed by atoms with Crippen molar-refractivity contribution >= 4 is 33.8 Å². The van der Waals surface area contributed by atoms with Gasteiger partial charge in [0.05, 0.1) is 22.3 Å². The second-order valence-corrected chi connectivity index (χ2v) is 8.62. The number of nitro groups is 1. The van der Waals surface area contributed by atoms with E-state index in [0.29, 0.717) is 10.8 Å². The Morgan fingerprint density at radius 3 is 2.88 bits per heavy atom. The Kier molecular flexibility index (Phi) is 6.24. The number of ether oxygens (including phenoxy) is 1. The Hall–Kier alpha value is -3.24. The van der Waals surface area contributed by atoms with Crippen molar-refractivity contribution in [3.63, 3.8) is 0 Å². The molecular weight excluding hydrogens is 430 g/mol. The minimum Gasteiger partial charge on any atom is -0.387 e. The predicted molar refractivity (Wildman–Crippen MR) is 125 cm³/mol. The summed E-state index contributed by atoms with van der Waals surface area (Å²) in [5, 5.41) is 19.1. The lowest BCUT2D eigenvalue weighted by Gasteiger charge is -2.14. The van der Waals surface area contributed by atoms with E-state index in [0.717, 1.165) is 48.6 Å². The number of anilines is 2. The Bertz CT molecular complexity index is 1160. The van der Waals surface area contributed by atoms with E-state index in [1.165, 1.54) is 29.5 Å². The third-order valence-electron chi connectivity index (χ3n) is 5.71. The molecule has 1 aliphatic heterocycles. The van der Waals surface area contributed by atoms with E-state index in [2.05, 4.69) is 40.1 Å². The van der Waals surface area contributed by atoms with Crippen molar-refractivity contribution in [3.8, 4) is 11.3 Å². The lowest BCUT2D eigenvalue weighted by molar-refractivity contribution is -0.384. The van der Waals surface area contributed by atoms with E-state index >= 15 is 0 Å². The molecule has 0 bridgehead atoms. The molecular formula is C22H25N5O4S. The van der Waals surface area contributed by atoms with Gasteiger partial charge in [0.15, 0.2) is 5.13 Å². The first kappa shape index (κ1) is 22.0. The molecule has 32 heavy (non-hydrogen) atoms. The number of hydrogen-bond acceptors (Lipinski definition) is 7. The number of carbonyl (C=O) groups excluding carboxylic acids is 1. The molecule has 0 spiro atoms. The van der Waals surface area contributed by atoms with Crippen molar-refractivity contribution in [1.29, 1.82) is 0 Å². The van der Waals surface area contributed by atoms with Crippen LogP contribution in [0.25, 0.3) is 11.3 Å². The van der Waals surface area contributed by atoms with Crippen LogP contribution >= 0.6 is 11.3 Å². The summed E-state index contributed by atoms with van der Waals surface area (Å²) in [6, 6.07) is 6.23. The van der Waals surface area contributed by atoms with E-state index in [1.807, 2.05) is 5.38 Å². The Morgan fingerprint density at radius 2 is 2.19 bits per heavy atom. The molecule has 1 atom stereocenters. The van der Waals surface area contributed by atoms with Gasteiger partial charge in [-0.05, 0) is 38.8 Å². The van der Waals surface area contributed by atoms with E-state index in [9.17, 15) is 14.9 Å². The summed E-state index contributed by atoms with van der Waals surface area (Å²) in [5.41, 5.74) is 4.59. The fourth-order valence-electron chi connectivity index (χ4n) is 4.00. The summed E-state index contributed by atoms with van der Waals surface area (Å²) >= 11 is 1.32. The van der Waals surface area contributed by atoms with Crippen LogP contribution in [-0.4, -0.2) is 40.1 Å². The number of nitrogens with zero attached hydrogens (tertiary/aromatic N) is 3. The van der Waals surface area contributed by atoms with E-state index in [4.69, 9.17) is 4.74 Å². The third kappa shape index (κ3) is 4.37. The van der Waals surface area contributed by atoms with Gasteiger partial charge >= 0.3 is 0 Å². The maximum absolute atomic E-state index is 12.8. The maximum Gasteiger partial charge on any atom is 0.270 e.